The van der Waals surface area contributed by atoms with E-state index in [9.17, 15) is 4.79 Å². The zero-order valence-electron chi connectivity index (χ0n) is 9.94. The number of aliphatic carboxylic acids is 1. The van der Waals surface area contributed by atoms with Crippen molar-refractivity contribution in [2.45, 2.75) is 13.3 Å². The van der Waals surface area contributed by atoms with Crippen LogP contribution < -0.4 is 4.74 Å². The Morgan fingerprint density at radius 3 is 2.94 bits per heavy atom. The molecule has 0 radical (unpaired) electrons. The van der Waals surface area contributed by atoms with Crippen LogP contribution >= 0.6 is 15.9 Å². The van der Waals surface area contributed by atoms with Gasteiger partial charge in [-0.1, -0.05) is 15.9 Å². The third-order valence-electron chi connectivity index (χ3n) is 2.17. The van der Waals surface area contributed by atoms with Crippen LogP contribution in [-0.2, 0) is 4.79 Å². The molecule has 0 saturated carbocycles. The number of terminal acetylenes is 1. The van der Waals surface area contributed by atoms with E-state index in [0.717, 1.165) is 16.1 Å². The van der Waals surface area contributed by atoms with E-state index < -0.39 is 5.97 Å². The van der Waals surface area contributed by atoms with Crippen LogP contribution in [0.4, 0.5) is 0 Å². The molecule has 0 aliphatic rings. The summed E-state index contributed by atoms with van der Waals surface area (Å²) in [6.07, 6.45) is 8.26. The molecule has 0 aromatic heterocycles. The number of benzene rings is 1. The number of aryl methyl sites for hydroxylation is 1. The summed E-state index contributed by atoms with van der Waals surface area (Å²) >= 11 is 3.37. The molecule has 1 aromatic rings. The number of ether oxygens (including phenoxy) is 1. The van der Waals surface area contributed by atoms with Crippen LogP contribution in [0.3, 0.4) is 0 Å². The first kappa shape index (κ1) is 14.3. The van der Waals surface area contributed by atoms with Crippen LogP contribution in [0.25, 0.3) is 6.08 Å². The molecule has 0 unspecified atom stereocenters. The second-order valence-electron chi connectivity index (χ2n) is 3.62. The van der Waals surface area contributed by atoms with Crippen LogP contribution in [0.15, 0.2) is 22.7 Å². The van der Waals surface area contributed by atoms with Gasteiger partial charge in [-0.2, -0.15) is 0 Å². The first-order valence-electron chi connectivity index (χ1n) is 5.32. The van der Waals surface area contributed by atoms with Gasteiger partial charge in [0.2, 0.25) is 0 Å². The van der Waals surface area contributed by atoms with E-state index in [1.165, 1.54) is 6.08 Å². The lowest BCUT2D eigenvalue weighted by molar-refractivity contribution is -0.131. The minimum absolute atomic E-state index is 0.410. The van der Waals surface area contributed by atoms with Crippen molar-refractivity contribution in [3.8, 4) is 18.1 Å². The highest BCUT2D eigenvalue weighted by atomic mass is 79.9. The molecule has 0 atom stereocenters. The van der Waals surface area contributed by atoms with E-state index in [-0.39, 0.29) is 0 Å². The summed E-state index contributed by atoms with van der Waals surface area (Å²) in [4.78, 5) is 10.5. The zero-order valence-corrected chi connectivity index (χ0v) is 11.5. The maximum absolute atomic E-state index is 10.5. The Bertz CT molecular complexity index is 513. The minimum Gasteiger partial charge on any atom is -0.492 e. The Morgan fingerprint density at radius 2 is 2.33 bits per heavy atom. The Hall–Kier alpha value is -1.73. The SMILES string of the molecule is C#CCCOc1c(C)cc(Br)cc1/C=C/C(=O)O. The quantitative estimate of drug-likeness (QED) is 0.516. The highest BCUT2D eigenvalue weighted by Gasteiger charge is 2.07. The monoisotopic (exact) mass is 308 g/mol. The van der Waals surface area contributed by atoms with Crippen LogP contribution in [0.2, 0.25) is 0 Å². The normalized spacial score (nSPS) is 10.3. The van der Waals surface area contributed by atoms with Gasteiger partial charge in [-0.25, -0.2) is 4.79 Å². The standard InChI is InChI=1S/C14H13BrO3/c1-3-4-7-18-14-10(2)8-12(15)9-11(14)5-6-13(16)17/h1,5-6,8-9H,4,7H2,2H3,(H,16,17)/b6-5+. The molecule has 0 aliphatic heterocycles. The fourth-order valence-corrected chi connectivity index (χ4v) is 2.04. The van der Waals surface area contributed by atoms with Gasteiger partial charge in [0.1, 0.15) is 5.75 Å². The van der Waals surface area contributed by atoms with Gasteiger partial charge in [0.25, 0.3) is 0 Å². The molecule has 0 heterocycles. The van der Waals surface area contributed by atoms with Crippen molar-refractivity contribution in [3.05, 3.63) is 33.8 Å². The largest absolute Gasteiger partial charge is 0.492 e. The second kappa shape index (κ2) is 6.87. The number of hydrogen-bond donors (Lipinski definition) is 1. The van der Waals surface area contributed by atoms with Gasteiger partial charge < -0.3 is 9.84 Å². The van der Waals surface area contributed by atoms with Crippen molar-refractivity contribution in [2.75, 3.05) is 6.61 Å². The molecule has 1 N–H and O–H groups in total. The Labute approximate surface area is 115 Å². The number of carboxylic acid groups (broad SMARTS) is 1. The molecule has 4 heteroatoms. The lowest BCUT2D eigenvalue weighted by atomic mass is 10.1. The third-order valence-corrected chi connectivity index (χ3v) is 2.62. The Kier molecular flexibility index (Phi) is 5.47. The van der Waals surface area contributed by atoms with Crippen molar-refractivity contribution in [3.63, 3.8) is 0 Å². The summed E-state index contributed by atoms with van der Waals surface area (Å²) in [7, 11) is 0. The number of hydrogen-bond acceptors (Lipinski definition) is 2. The first-order valence-corrected chi connectivity index (χ1v) is 6.11. The molecule has 1 rings (SSSR count). The number of carboxylic acids is 1. The van der Waals surface area contributed by atoms with Gasteiger partial charge in [0.15, 0.2) is 0 Å². The molecule has 0 aliphatic carbocycles. The molecule has 3 nitrogen and oxygen atoms in total. The molecule has 0 bridgehead atoms. The zero-order chi connectivity index (χ0) is 13.5. The highest BCUT2D eigenvalue weighted by Crippen LogP contribution is 2.29. The fraction of sp³-hybridized carbons (Fsp3) is 0.214. The summed E-state index contributed by atoms with van der Waals surface area (Å²) < 4.78 is 6.46. The van der Waals surface area contributed by atoms with Crippen molar-refractivity contribution in [1.82, 2.24) is 0 Å². The molecule has 18 heavy (non-hydrogen) atoms. The first-order chi connectivity index (χ1) is 8.54. The van der Waals surface area contributed by atoms with Crippen LogP contribution in [-0.4, -0.2) is 17.7 Å². The summed E-state index contributed by atoms with van der Waals surface area (Å²) in [5.41, 5.74) is 1.63. The maximum Gasteiger partial charge on any atom is 0.328 e. The molecular formula is C14H13BrO3. The molecule has 0 amide bonds. The predicted octanol–water partition coefficient (Wildman–Crippen LogP) is 3.26. The average Bonchev–Trinajstić information content (AvgIpc) is 2.29. The highest BCUT2D eigenvalue weighted by molar-refractivity contribution is 9.10. The molecule has 0 spiro atoms. The summed E-state index contributed by atoms with van der Waals surface area (Å²) in [6, 6.07) is 3.71. The van der Waals surface area contributed by atoms with Crippen molar-refractivity contribution in [1.29, 1.82) is 0 Å². The van der Waals surface area contributed by atoms with E-state index in [0.29, 0.717) is 24.3 Å². The lowest BCUT2D eigenvalue weighted by Gasteiger charge is -2.12. The minimum atomic E-state index is -0.998. The Morgan fingerprint density at radius 1 is 1.61 bits per heavy atom. The topological polar surface area (TPSA) is 46.5 Å². The van der Waals surface area contributed by atoms with Crippen molar-refractivity contribution < 1.29 is 14.6 Å². The maximum atomic E-state index is 10.5. The van der Waals surface area contributed by atoms with Gasteiger partial charge in [-0.05, 0) is 30.7 Å². The average molecular weight is 309 g/mol. The van der Waals surface area contributed by atoms with E-state index in [1.54, 1.807) is 6.07 Å². The molecule has 94 valence electrons. The van der Waals surface area contributed by atoms with Gasteiger partial charge >= 0.3 is 5.97 Å². The predicted molar refractivity (Wildman–Crippen MR) is 74.5 cm³/mol. The summed E-state index contributed by atoms with van der Waals surface area (Å²) in [6.45, 7) is 2.31. The third kappa shape index (κ3) is 4.27. The van der Waals surface area contributed by atoms with Gasteiger partial charge in [-0.3, -0.25) is 0 Å². The lowest BCUT2D eigenvalue weighted by Crippen LogP contribution is -2.00. The van der Waals surface area contributed by atoms with Gasteiger partial charge in [0, 0.05) is 22.5 Å². The fourth-order valence-electron chi connectivity index (χ4n) is 1.45. The number of rotatable bonds is 5. The van der Waals surface area contributed by atoms with Crippen LogP contribution in [0.5, 0.6) is 5.75 Å². The van der Waals surface area contributed by atoms with Gasteiger partial charge in [-0.15, -0.1) is 12.3 Å². The van der Waals surface area contributed by atoms with E-state index in [2.05, 4.69) is 21.9 Å². The van der Waals surface area contributed by atoms with E-state index in [1.807, 2.05) is 13.0 Å². The molecule has 1 aromatic carbocycles. The second-order valence-corrected chi connectivity index (χ2v) is 4.53. The molecule has 0 saturated heterocycles. The molecule has 0 fully saturated rings. The van der Waals surface area contributed by atoms with Gasteiger partial charge in [0.05, 0.1) is 6.61 Å². The smallest absolute Gasteiger partial charge is 0.328 e. The number of halogens is 1. The van der Waals surface area contributed by atoms with Crippen LogP contribution in [0.1, 0.15) is 17.5 Å². The molecular weight excluding hydrogens is 296 g/mol. The van der Waals surface area contributed by atoms with Crippen molar-refractivity contribution >= 4 is 28.0 Å². The van der Waals surface area contributed by atoms with Crippen molar-refractivity contribution in [2.24, 2.45) is 0 Å². The number of carbonyl (C=O) groups is 1. The van der Waals surface area contributed by atoms with Crippen LogP contribution in [0, 0.1) is 19.3 Å². The van der Waals surface area contributed by atoms with E-state index >= 15 is 0 Å². The Balaban J connectivity index is 3.05. The summed E-state index contributed by atoms with van der Waals surface area (Å²) in [5.74, 6) is 2.15. The summed E-state index contributed by atoms with van der Waals surface area (Å²) in [5, 5.41) is 8.65. The van der Waals surface area contributed by atoms with E-state index in [4.69, 9.17) is 16.3 Å².